The molecule has 0 heterocycles. The predicted molar refractivity (Wildman–Crippen MR) is 88.5 cm³/mol. The van der Waals surface area contributed by atoms with Gasteiger partial charge in [-0.2, -0.15) is 0 Å². The van der Waals surface area contributed by atoms with Crippen molar-refractivity contribution in [1.82, 2.24) is 10.6 Å². The van der Waals surface area contributed by atoms with Crippen LogP contribution in [0.5, 0.6) is 0 Å². The minimum atomic E-state index is -3.50. The molecule has 0 aliphatic heterocycles. The summed E-state index contributed by atoms with van der Waals surface area (Å²) in [7, 11) is 0. The molecule has 0 saturated heterocycles. The summed E-state index contributed by atoms with van der Waals surface area (Å²) >= 11 is 0. The second-order valence-electron chi connectivity index (χ2n) is 7.04. The number of rotatable bonds is 10. The maximum absolute atomic E-state index is 13.7. The summed E-state index contributed by atoms with van der Waals surface area (Å²) in [6.07, 6.45) is -1.66. The van der Waals surface area contributed by atoms with Gasteiger partial charge in [-0.05, 0) is 25.2 Å². The van der Waals surface area contributed by atoms with Crippen molar-refractivity contribution in [3.05, 3.63) is 0 Å². The molecule has 0 rings (SSSR count). The van der Waals surface area contributed by atoms with Crippen molar-refractivity contribution in [2.45, 2.75) is 71.6 Å². The third-order valence-corrected chi connectivity index (χ3v) is 3.50. The molecule has 0 aromatic carbocycles. The SMILES string of the molecule is CC(C)CC(=O)NC(C)C(=O)NC(CC(C)C)C(O)C(F)(F)CN. The quantitative estimate of drug-likeness (QED) is 0.472. The van der Waals surface area contributed by atoms with Crippen LogP contribution in [0.2, 0.25) is 0 Å². The van der Waals surface area contributed by atoms with Gasteiger partial charge in [-0.15, -0.1) is 0 Å². The number of nitrogens with one attached hydrogen (secondary N) is 2. The lowest BCUT2D eigenvalue weighted by atomic mass is 9.95. The number of carbonyl (C=O) groups is 2. The number of alkyl halides is 2. The minimum absolute atomic E-state index is 0.0237. The third kappa shape index (κ3) is 8.01. The van der Waals surface area contributed by atoms with Crippen LogP contribution >= 0.6 is 0 Å². The van der Waals surface area contributed by atoms with Crippen molar-refractivity contribution in [1.29, 1.82) is 0 Å². The van der Waals surface area contributed by atoms with E-state index in [1.807, 2.05) is 13.8 Å². The van der Waals surface area contributed by atoms with Crippen LogP contribution in [0.15, 0.2) is 0 Å². The van der Waals surface area contributed by atoms with Gasteiger partial charge in [0.15, 0.2) is 0 Å². The largest absolute Gasteiger partial charge is 0.385 e. The van der Waals surface area contributed by atoms with E-state index in [0.29, 0.717) is 0 Å². The van der Waals surface area contributed by atoms with E-state index in [4.69, 9.17) is 5.73 Å². The Bertz CT molecular complexity index is 417. The lowest BCUT2D eigenvalue weighted by Crippen LogP contribution is -2.57. The number of amides is 2. The Hall–Kier alpha value is -1.28. The molecular formula is C16H31F2N3O3. The van der Waals surface area contributed by atoms with Crippen LogP contribution in [-0.2, 0) is 9.59 Å². The average Bonchev–Trinajstić information content (AvgIpc) is 2.43. The van der Waals surface area contributed by atoms with Gasteiger partial charge in [-0.25, -0.2) is 8.78 Å². The molecule has 3 unspecified atom stereocenters. The Morgan fingerprint density at radius 1 is 1.08 bits per heavy atom. The zero-order valence-electron chi connectivity index (χ0n) is 15.1. The highest BCUT2D eigenvalue weighted by molar-refractivity contribution is 5.87. The fourth-order valence-electron chi connectivity index (χ4n) is 2.23. The summed E-state index contributed by atoms with van der Waals surface area (Å²) in [6.45, 7) is 7.77. The molecule has 2 amide bonds. The summed E-state index contributed by atoms with van der Waals surface area (Å²) in [5.74, 6) is -4.30. The van der Waals surface area contributed by atoms with Gasteiger partial charge in [0.1, 0.15) is 12.1 Å². The van der Waals surface area contributed by atoms with Crippen LogP contribution in [0.3, 0.4) is 0 Å². The second-order valence-corrected chi connectivity index (χ2v) is 7.04. The first kappa shape index (κ1) is 22.7. The highest BCUT2D eigenvalue weighted by Gasteiger charge is 2.43. The van der Waals surface area contributed by atoms with Gasteiger partial charge in [0.25, 0.3) is 5.92 Å². The number of nitrogens with two attached hydrogens (primary N) is 1. The van der Waals surface area contributed by atoms with Crippen LogP contribution < -0.4 is 16.4 Å². The van der Waals surface area contributed by atoms with E-state index in [1.165, 1.54) is 6.92 Å². The Morgan fingerprint density at radius 2 is 1.62 bits per heavy atom. The van der Waals surface area contributed by atoms with Crippen LogP contribution in [0.25, 0.3) is 0 Å². The first-order chi connectivity index (χ1) is 10.9. The number of hydrogen-bond acceptors (Lipinski definition) is 4. The zero-order valence-corrected chi connectivity index (χ0v) is 15.1. The van der Waals surface area contributed by atoms with Gasteiger partial charge in [0, 0.05) is 6.42 Å². The zero-order chi connectivity index (χ0) is 19.1. The molecule has 0 fully saturated rings. The van der Waals surface area contributed by atoms with Gasteiger partial charge in [-0.3, -0.25) is 9.59 Å². The standard InChI is InChI=1S/C16H31F2N3O3/c1-9(2)6-12(14(23)16(17,18)8-19)21-15(24)11(5)20-13(22)7-10(3)4/h9-12,14,23H,6-8,19H2,1-5H3,(H,20,22)(H,21,24). The maximum atomic E-state index is 13.7. The topological polar surface area (TPSA) is 104 Å². The van der Waals surface area contributed by atoms with Crippen molar-refractivity contribution in [2.24, 2.45) is 17.6 Å². The fourth-order valence-corrected chi connectivity index (χ4v) is 2.23. The lowest BCUT2D eigenvalue weighted by molar-refractivity contribution is -0.136. The molecule has 0 aromatic heterocycles. The van der Waals surface area contributed by atoms with E-state index in [2.05, 4.69) is 10.6 Å². The predicted octanol–water partition coefficient (Wildman–Crippen LogP) is 1.02. The van der Waals surface area contributed by atoms with E-state index >= 15 is 0 Å². The molecule has 3 atom stereocenters. The van der Waals surface area contributed by atoms with Crippen molar-refractivity contribution >= 4 is 11.8 Å². The molecule has 0 saturated carbocycles. The summed E-state index contributed by atoms with van der Waals surface area (Å²) in [5.41, 5.74) is 5.00. The van der Waals surface area contributed by atoms with Crippen LogP contribution in [0, 0.1) is 11.8 Å². The third-order valence-electron chi connectivity index (χ3n) is 3.50. The van der Waals surface area contributed by atoms with E-state index in [1.54, 1.807) is 13.8 Å². The average molecular weight is 351 g/mol. The molecule has 0 spiro atoms. The molecule has 0 radical (unpaired) electrons. The van der Waals surface area contributed by atoms with E-state index < -0.39 is 36.6 Å². The molecule has 0 bridgehead atoms. The number of carbonyl (C=O) groups excluding carboxylic acids is 2. The highest BCUT2D eigenvalue weighted by Crippen LogP contribution is 2.23. The summed E-state index contributed by atoms with van der Waals surface area (Å²) in [5, 5.41) is 14.8. The van der Waals surface area contributed by atoms with Gasteiger partial charge < -0.3 is 21.5 Å². The lowest BCUT2D eigenvalue weighted by Gasteiger charge is -2.31. The van der Waals surface area contributed by atoms with Gasteiger partial charge in [0.05, 0.1) is 12.6 Å². The first-order valence-corrected chi connectivity index (χ1v) is 8.26. The molecule has 8 heteroatoms. The van der Waals surface area contributed by atoms with E-state index in [-0.39, 0.29) is 30.6 Å². The Balaban J connectivity index is 4.89. The van der Waals surface area contributed by atoms with Crippen LogP contribution in [-0.4, -0.2) is 47.6 Å². The Morgan fingerprint density at radius 3 is 2.04 bits per heavy atom. The first-order valence-electron chi connectivity index (χ1n) is 8.26. The molecule has 24 heavy (non-hydrogen) atoms. The van der Waals surface area contributed by atoms with E-state index in [0.717, 1.165) is 0 Å². The second kappa shape index (κ2) is 9.88. The monoisotopic (exact) mass is 351 g/mol. The van der Waals surface area contributed by atoms with Gasteiger partial charge in [-0.1, -0.05) is 27.7 Å². The summed E-state index contributed by atoms with van der Waals surface area (Å²) in [4.78, 5) is 23.9. The molecule has 5 N–H and O–H groups in total. The molecule has 0 aliphatic rings. The maximum Gasteiger partial charge on any atom is 0.287 e. The highest BCUT2D eigenvalue weighted by atomic mass is 19.3. The van der Waals surface area contributed by atoms with Crippen LogP contribution in [0.4, 0.5) is 8.78 Å². The number of aliphatic hydroxyl groups is 1. The van der Waals surface area contributed by atoms with Crippen LogP contribution in [0.1, 0.15) is 47.5 Å². The molecule has 142 valence electrons. The van der Waals surface area contributed by atoms with Crippen molar-refractivity contribution in [3.8, 4) is 0 Å². The minimum Gasteiger partial charge on any atom is -0.385 e. The van der Waals surface area contributed by atoms with Crippen molar-refractivity contribution in [2.75, 3.05) is 6.54 Å². The molecule has 0 aliphatic carbocycles. The number of halogens is 2. The normalized spacial score (nSPS) is 16.0. The van der Waals surface area contributed by atoms with Crippen molar-refractivity contribution < 1.29 is 23.5 Å². The molecule has 0 aromatic rings. The van der Waals surface area contributed by atoms with Gasteiger partial charge in [0.2, 0.25) is 11.8 Å². The Kier molecular flexibility index (Phi) is 9.35. The summed E-state index contributed by atoms with van der Waals surface area (Å²) in [6, 6.07) is -2.04. The number of aliphatic hydroxyl groups excluding tert-OH is 1. The van der Waals surface area contributed by atoms with Gasteiger partial charge >= 0.3 is 0 Å². The van der Waals surface area contributed by atoms with E-state index in [9.17, 15) is 23.5 Å². The smallest absolute Gasteiger partial charge is 0.287 e. The Labute approximate surface area is 142 Å². The van der Waals surface area contributed by atoms with Crippen molar-refractivity contribution in [3.63, 3.8) is 0 Å². The number of hydrogen-bond donors (Lipinski definition) is 4. The fraction of sp³-hybridized carbons (Fsp3) is 0.875. The summed E-state index contributed by atoms with van der Waals surface area (Å²) < 4.78 is 27.3. The molecule has 6 nitrogen and oxygen atoms in total. The molecular weight excluding hydrogens is 320 g/mol.